The van der Waals surface area contributed by atoms with Crippen LogP contribution < -0.4 is 4.90 Å². The lowest BCUT2D eigenvalue weighted by Gasteiger charge is -2.30. The van der Waals surface area contributed by atoms with Crippen molar-refractivity contribution in [2.75, 3.05) is 18.1 Å². The van der Waals surface area contributed by atoms with E-state index in [0.29, 0.717) is 18.3 Å². The highest BCUT2D eigenvalue weighted by Crippen LogP contribution is 2.19. The number of rotatable bonds is 1. The van der Waals surface area contributed by atoms with Gasteiger partial charge >= 0.3 is 0 Å². The molecule has 5 heteroatoms. The Balaban J connectivity index is 2.22. The second kappa shape index (κ2) is 4.16. The zero-order valence-electron chi connectivity index (χ0n) is 8.31. The summed E-state index contributed by atoms with van der Waals surface area (Å²) in [5, 5.41) is 0.424. The molecule has 80 valence electrons. The number of nitrogens with zero attached hydrogens (tertiary/aromatic N) is 2. The summed E-state index contributed by atoms with van der Waals surface area (Å²) in [5.74, 6) is -0.0367. The molecular weight excluding hydrogens is 216 g/mol. The van der Waals surface area contributed by atoms with Crippen molar-refractivity contribution in [3.63, 3.8) is 0 Å². The third-order valence-electron chi connectivity index (χ3n) is 2.32. The van der Waals surface area contributed by atoms with Crippen LogP contribution in [0.5, 0.6) is 0 Å². The number of carbonyl (C=O) groups excluding carboxylic acids is 1. The normalized spacial score (nSPS) is 21.9. The van der Waals surface area contributed by atoms with Gasteiger partial charge in [-0.25, -0.2) is 4.98 Å². The van der Waals surface area contributed by atoms with Crippen LogP contribution in [0.4, 0.5) is 5.69 Å². The van der Waals surface area contributed by atoms with E-state index in [1.54, 1.807) is 30.2 Å². The Bertz CT molecular complexity index is 366. The van der Waals surface area contributed by atoms with Crippen LogP contribution in [0.2, 0.25) is 5.15 Å². The van der Waals surface area contributed by atoms with E-state index in [1.807, 2.05) is 0 Å². The summed E-state index contributed by atoms with van der Waals surface area (Å²) in [4.78, 5) is 17.4. The molecule has 0 bridgehead atoms. The summed E-state index contributed by atoms with van der Waals surface area (Å²) < 4.78 is 5.23. The third kappa shape index (κ3) is 2.11. The van der Waals surface area contributed by atoms with Crippen LogP contribution in [0.1, 0.15) is 6.92 Å². The molecule has 0 N–H and O–H groups in total. The Morgan fingerprint density at radius 3 is 3.07 bits per heavy atom. The van der Waals surface area contributed by atoms with E-state index in [-0.39, 0.29) is 12.0 Å². The Hall–Kier alpha value is -1.13. The van der Waals surface area contributed by atoms with Crippen molar-refractivity contribution < 1.29 is 9.53 Å². The molecule has 1 fully saturated rings. The molecule has 2 heterocycles. The van der Waals surface area contributed by atoms with E-state index in [1.165, 1.54) is 0 Å². The topological polar surface area (TPSA) is 42.4 Å². The van der Waals surface area contributed by atoms with Gasteiger partial charge in [0.25, 0.3) is 5.91 Å². The number of amides is 1. The number of hydrogen-bond acceptors (Lipinski definition) is 3. The largest absolute Gasteiger partial charge is 0.367 e. The van der Waals surface area contributed by atoms with Gasteiger partial charge in [-0.05, 0) is 19.1 Å². The van der Waals surface area contributed by atoms with Gasteiger partial charge in [-0.1, -0.05) is 11.6 Å². The Kier molecular flexibility index (Phi) is 2.88. The van der Waals surface area contributed by atoms with Crippen molar-refractivity contribution in [2.45, 2.75) is 13.0 Å². The molecule has 0 spiro atoms. The van der Waals surface area contributed by atoms with Crippen LogP contribution in [0.15, 0.2) is 18.3 Å². The van der Waals surface area contributed by atoms with E-state index in [0.717, 1.165) is 5.69 Å². The lowest BCUT2D eigenvalue weighted by molar-refractivity contribution is -0.132. The first-order chi connectivity index (χ1) is 7.18. The average molecular weight is 227 g/mol. The molecule has 0 aliphatic carbocycles. The molecule has 1 aromatic rings. The molecule has 2 rings (SSSR count). The average Bonchev–Trinajstić information content (AvgIpc) is 2.24. The van der Waals surface area contributed by atoms with Gasteiger partial charge in [-0.3, -0.25) is 4.79 Å². The van der Waals surface area contributed by atoms with Gasteiger partial charge in [0.15, 0.2) is 0 Å². The zero-order chi connectivity index (χ0) is 10.8. The number of ether oxygens (including phenoxy) is 1. The van der Waals surface area contributed by atoms with Crippen LogP contribution in [0, 0.1) is 0 Å². The van der Waals surface area contributed by atoms with Crippen molar-refractivity contribution >= 4 is 23.2 Å². The maximum absolute atomic E-state index is 11.8. The summed E-state index contributed by atoms with van der Waals surface area (Å²) in [6.45, 7) is 2.86. The van der Waals surface area contributed by atoms with Gasteiger partial charge in [0, 0.05) is 6.54 Å². The third-order valence-corrected chi connectivity index (χ3v) is 2.54. The fourth-order valence-electron chi connectivity index (χ4n) is 1.51. The lowest BCUT2D eigenvalue weighted by atomic mass is 10.2. The molecule has 0 radical (unpaired) electrons. The van der Waals surface area contributed by atoms with Gasteiger partial charge in [0.05, 0.1) is 18.5 Å². The number of pyridine rings is 1. The second-order valence-electron chi connectivity index (χ2n) is 3.34. The number of anilines is 1. The number of carbonyl (C=O) groups is 1. The zero-order valence-corrected chi connectivity index (χ0v) is 9.07. The molecule has 4 nitrogen and oxygen atoms in total. The first kappa shape index (κ1) is 10.4. The Morgan fingerprint density at radius 1 is 1.60 bits per heavy atom. The molecule has 1 atom stereocenters. The van der Waals surface area contributed by atoms with Gasteiger partial charge in [0.2, 0.25) is 0 Å². The number of halogens is 1. The van der Waals surface area contributed by atoms with Crippen molar-refractivity contribution in [3.8, 4) is 0 Å². The van der Waals surface area contributed by atoms with E-state index in [9.17, 15) is 4.79 Å². The van der Waals surface area contributed by atoms with Crippen LogP contribution in [-0.2, 0) is 9.53 Å². The van der Waals surface area contributed by atoms with Crippen LogP contribution in [0.25, 0.3) is 0 Å². The Morgan fingerprint density at radius 2 is 2.40 bits per heavy atom. The summed E-state index contributed by atoms with van der Waals surface area (Å²) in [5.41, 5.74) is 0.763. The van der Waals surface area contributed by atoms with Crippen LogP contribution in [0.3, 0.4) is 0 Å². The van der Waals surface area contributed by atoms with Gasteiger partial charge in [0.1, 0.15) is 11.3 Å². The second-order valence-corrected chi connectivity index (χ2v) is 3.73. The van der Waals surface area contributed by atoms with Crippen molar-refractivity contribution in [1.82, 2.24) is 4.98 Å². The maximum atomic E-state index is 11.8. The molecule has 1 aromatic heterocycles. The smallest absolute Gasteiger partial charge is 0.255 e. The summed E-state index contributed by atoms with van der Waals surface area (Å²) >= 11 is 5.68. The molecule has 0 aromatic carbocycles. The Labute approximate surface area is 92.8 Å². The van der Waals surface area contributed by atoms with Gasteiger partial charge in [-0.2, -0.15) is 0 Å². The predicted octanol–water partition coefficient (Wildman–Crippen LogP) is 1.49. The van der Waals surface area contributed by atoms with E-state index >= 15 is 0 Å². The molecule has 1 saturated heterocycles. The molecule has 1 aliphatic heterocycles. The number of hydrogen-bond donors (Lipinski definition) is 0. The minimum absolute atomic E-state index is 0.0367. The monoisotopic (exact) mass is 226 g/mol. The summed E-state index contributed by atoms with van der Waals surface area (Å²) in [6, 6.07) is 3.45. The first-order valence-corrected chi connectivity index (χ1v) is 5.11. The summed E-state index contributed by atoms with van der Waals surface area (Å²) in [7, 11) is 0. The maximum Gasteiger partial charge on any atom is 0.255 e. The molecule has 1 aliphatic rings. The number of morpholine rings is 1. The van der Waals surface area contributed by atoms with Crippen LogP contribution in [-0.4, -0.2) is 30.1 Å². The van der Waals surface area contributed by atoms with Crippen molar-refractivity contribution in [3.05, 3.63) is 23.5 Å². The minimum Gasteiger partial charge on any atom is -0.367 e. The lowest BCUT2D eigenvalue weighted by Crippen LogP contribution is -2.46. The van der Waals surface area contributed by atoms with Crippen molar-refractivity contribution in [2.24, 2.45) is 0 Å². The highest BCUT2D eigenvalue weighted by Gasteiger charge is 2.26. The first-order valence-electron chi connectivity index (χ1n) is 4.73. The SMILES string of the molecule is CC1OCCN(c2ccc(Cl)nc2)C1=O. The van der Waals surface area contributed by atoms with E-state index in [2.05, 4.69) is 4.98 Å². The van der Waals surface area contributed by atoms with Crippen LogP contribution >= 0.6 is 11.6 Å². The number of aromatic nitrogens is 1. The minimum atomic E-state index is -0.380. The fraction of sp³-hybridized carbons (Fsp3) is 0.400. The van der Waals surface area contributed by atoms with E-state index < -0.39 is 0 Å². The molecule has 1 amide bonds. The standard InChI is InChI=1S/C10H11ClN2O2/c1-7-10(14)13(4-5-15-7)8-2-3-9(11)12-6-8/h2-3,6-7H,4-5H2,1H3. The van der Waals surface area contributed by atoms with E-state index in [4.69, 9.17) is 16.3 Å². The van der Waals surface area contributed by atoms with Gasteiger partial charge in [-0.15, -0.1) is 0 Å². The molecule has 1 unspecified atom stereocenters. The molecule has 0 saturated carbocycles. The highest BCUT2D eigenvalue weighted by atomic mass is 35.5. The van der Waals surface area contributed by atoms with Crippen molar-refractivity contribution in [1.29, 1.82) is 0 Å². The molecular formula is C10H11ClN2O2. The molecule has 15 heavy (non-hydrogen) atoms. The fourth-order valence-corrected chi connectivity index (χ4v) is 1.62. The predicted molar refractivity (Wildman–Crippen MR) is 57.0 cm³/mol. The van der Waals surface area contributed by atoms with Gasteiger partial charge < -0.3 is 9.64 Å². The highest BCUT2D eigenvalue weighted by molar-refractivity contribution is 6.29. The quantitative estimate of drug-likeness (QED) is 0.682. The summed E-state index contributed by atoms with van der Waals surface area (Å²) in [6.07, 6.45) is 1.22.